The van der Waals surface area contributed by atoms with Gasteiger partial charge >= 0.3 is 0 Å². The molecule has 174 valence electrons. The zero-order valence-electron chi connectivity index (χ0n) is 18.5. The molecule has 9 heteroatoms. The molecule has 1 unspecified atom stereocenters. The third kappa shape index (κ3) is 6.20. The highest BCUT2D eigenvalue weighted by Crippen LogP contribution is 2.22. The van der Waals surface area contributed by atoms with Crippen LogP contribution in [0.5, 0.6) is 0 Å². The standard InChI is InChI=1S/C24H28N4O3S2/c1-27-12-14-28(15-13-27)18-22(19-7-3-2-4-8-19)25-24(29)20-9-5-10-21(17-20)26-33(30,31)23-11-6-16-32-23/h2-11,16-17,22,26H,12-15,18H2,1H3,(H,25,29). The maximum Gasteiger partial charge on any atom is 0.271 e. The number of benzene rings is 2. The molecule has 4 rings (SSSR count). The highest BCUT2D eigenvalue weighted by Gasteiger charge is 2.22. The zero-order valence-corrected chi connectivity index (χ0v) is 20.1. The van der Waals surface area contributed by atoms with E-state index < -0.39 is 10.0 Å². The fourth-order valence-corrected chi connectivity index (χ4v) is 5.84. The van der Waals surface area contributed by atoms with Gasteiger partial charge in [0.15, 0.2) is 0 Å². The van der Waals surface area contributed by atoms with E-state index >= 15 is 0 Å². The number of hydrogen-bond donors (Lipinski definition) is 2. The van der Waals surface area contributed by atoms with Crippen LogP contribution in [0.3, 0.4) is 0 Å². The largest absolute Gasteiger partial charge is 0.344 e. The summed E-state index contributed by atoms with van der Waals surface area (Å²) in [4.78, 5) is 17.8. The van der Waals surface area contributed by atoms with E-state index in [1.54, 1.807) is 41.8 Å². The number of nitrogens with zero attached hydrogens (tertiary/aromatic N) is 2. The van der Waals surface area contributed by atoms with Crippen LogP contribution in [0.1, 0.15) is 22.0 Å². The summed E-state index contributed by atoms with van der Waals surface area (Å²) in [5.74, 6) is -0.241. The second-order valence-corrected chi connectivity index (χ2v) is 11.0. The van der Waals surface area contributed by atoms with Crippen molar-refractivity contribution in [2.75, 3.05) is 44.5 Å². The highest BCUT2D eigenvalue weighted by molar-refractivity contribution is 7.94. The third-order valence-electron chi connectivity index (χ3n) is 5.68. The van der Waals surface area contributed by atoms with E-state index in [2.05, 4.69) is 26.9 Å². The van der Waals surface area contributed by atoms with Crippen molar-refractivity contribution in [2.45, 2.75) is 10.3 Å². The topological polar surface area (TPSA) is 81.8 Å². The maximum atomic E-state index is 13.2. The number of thiophene rings is 1. The molecule has 1 atom stereocenters. The number of sulfonamides is 1. The summed E-state index contributed by atoms with van der Waals surface area (Å²) >= 11 is 1.14. The first-order valence-corrected chi connectivity index (χ1v) is 13.2. The van der Waals surface area contributed by atoms with Crippen LogP contribution in [0.2, 0.25) is 0 Å². The number of carbonyl (C=O) groups is 1. The number of rotatable bonds is 8. The molecule has 1 saturated heterocycles. The second kappa shape index (κ2) is 10.5. The molecule has 0 radical (unpaired) electrons. The van der Waals surface area contributed by atoms with E-state index in [9.17, 15) is 13.2 Å². The Hall–Kier alpha value is -2.72. The molecule has 0 saturated carbocycles. The highest BCUT2D eigenvalue weighted by atomic mass is 32.2. The molecule has 2 aromatic carbocycles. The van der Waals surface area contributed by atoms with Gasteiger partial charge in [-0.15, -0.1) is 11.3 Å². The number of hydrogen-bond acceptors (Lipinski definition) is 6. The molecule has 33 heavy (non-hydrogen) atoms. The SMILES string of the molecule is CN1CCN(CC(NC(=O)c2cccc(NS(=O)(=O)c3cccs3)c2)c2ccccc2)CC1. The van der Waals surface area contributed by atoms with E-state index in [1.165, 1.54) is 0 Å². The van der Waals surface area contributed by atoms with Gasteiger partial charge in [0.05, 0.1) is 6.04 Å². The Bertz CT molecular complexity index is 1160. The van der Waals surface area contributed by atoms with Gasteiger partial charge in [0.2, 0.25) is 0 Å². The predicted octanol–water partition coefficient (Wildman–Crippen LogP) is 3.27. The number of amides is 1. The van der Waals surface area contributed by atoms with Crippen LogP contribution >= 0.6 is 11.3 Å². The summed E-state index contributed by atoms with van der Waals surface area (Å²) in [5, 5.41) is 4.87. The van der Waals surface area contributed by atoms with Gasteiger partial charge < -0.3 is 10.2 Å². The minimum Gasteiger partial charge on any atom is -0.344 e. The van der Waals surface area contributed by atoms with E-state index in [4.69, 9.17) is 0 Å². The van der Waals surface area contributed by atoms with Gasteiger partial charge in [0, 0.05) is 44.0 Å². The third-order valence-corrected chi connectivity index (χ3v) is 8.46. The molecule has 1 amide bonds. The molecule has 1 fully saturated rings. The summed E-state index contributed by atoms with van der Waals surface area (Å²) in [6.07, 6.45) is 0. The average Bonchev–Trinajstić information content (AvgIpc) is 3.37. The number of anilines is 1. The predicted molar refractivity (Wildman–Crippen MR) is 132 cm³/mol. The van der Waals surface area contributed by atoms with Gasteiger partial charge in [-0.3, -0.25) is 14.4 Å². The maximum absolute atomic E-state index is 13.2. The lowest BCUT2D eigenvalue weighted by Crippen LogP contribution is -2.47. The van der Waals surface area contributed by atoms with Crippen LogP contribution in [0.25, 0.3) is 0 Å². The lowest BCUT2D eigenvalue weighted by Gasteiger charge is -2.35. The number of piperazine rings is 1. The number of nitrogens with one attached hydrogen (secondary N) is 2. The molecule has 1 aliphatic rings. The summed E-state index contributed by atoms with van der Waals surface area (Å²) in [6.45, 7) is 4.63. The van der Waals surface area contributed by atoms with Gasteiger partial charge in [0.25, 0.3) is 15.9 Å². The lowest BCUT2D eigenvalue weighted by molar-refractivity contribution is 0.0907. The van der Waals surface area contributed by atoms with Gasteiger partial charge in [-0.25, -0.2) is 8.42 Å². The normalized spacial score (nSPS) is 16.3. The Kier molecular flexibility index (Phi) is 7.44. The lowest BCUT2D eigenvalue weighted by atomic mass is 10.0. The van der Waals surface area contributed by atoms with Gasteiger partial charge in [-0.05, 0) is 42.3 Å². The Morgan fingerprint density at radius 3 is 2.45 bits per heavy atom. The molecule has 0 bridgehead atoms. The summed E-state index contributed by atoms with van der Waals surface area (Å²) in [6, 6.07) is 19.6. The fraction of sp³-hybridized carbons (Fsp3) is 0.292. The van der Waals surface area contributed by atoms with E-state index in [-0.39, 0.29) is 16.2 Å². The van der Waals surface area contributed by atoms with Crippen molar-refractivity contribution in [3.05, 3.63) is 83.2 Å². The van der Waals surface area contributed by atoms with E-state index in [1.807, 2.05) is 30.3 Å². The van der Waals surface area contributed by atoms with Crippen molar-refractivity contribution in [1.82, 2.24) is 15.1 Å². The van der Waals surface area contributed by atoms with E-state index in [0.29, 0.717) is 17.8 Å². The van der Waals surface area contributed by atoms with Crippen molar-refractivity contribution >= 4 is 33.0 Å². The Labute approximate surface area is 199 Å². The summed E-state index contributed by atoms with van der Waals surface area (Å²) < 4.78 is 27.9. The van der Waals surface area contributed by atoms with Crippen LogP contribution in [0.15, 0.2) is 76.3 Å². The van der Waals surface area contributed by atoms with Crippen molar-refractivity contribution in [2.24, 2.45) is 0 Å². The molecule has 2 heterocycles. The van der Waals surface area contributed by atoms with Crippen molar-refractivity contribution in [1.29, 1.82) is 0 Å². The molecule has 0 aliphatic carbocycles. The Morgan fingerprint density at radius 1 is 1.00 bits per heavy atom. The number of likely N-dealkylation sites (N-methyl/N-ethyl adjacent to an activating group) is 1. The fourth-order valence-electron chi connectivity index (χ4n) is 3.80. The quantitative estimate of drug-likeness (QED) is 0.513. The van der Waals surface area contributed by atoms with Crippen molar-refractivity contribution in [3.8, 4) is 0 Å². The van der Waals surface area contributed by atoms with Crippen LogP contribution in [-0.2, 0) is 10.0 Å². The molecule has 2 N–H and O–H groups in total. The molecule has 0 spiro atoms. The smallest absolute Gasteiger partial charge is 0.271 e. The Morgan fingerprint density at radius 2 is 1.76 bits per heavy atom. The first-order chi connectivity index (χ1) is 15.9. The van der Waals surface area contributed by atoms with E-state index in [0.717, 1.165) is 43.1 Å². The van der Waals surface area contributed by atoms with Gasteiger partial charge in [-0.2, -0.15) is 0 Å². The average molecular weight is 485 g/mol. The van der Waals surface area contributed by atoms with Crippen LogP contribution in [-0.4, -0.2) is 63.9 Å². The monoisotopic (exact) mass is 484 g/mol. The molecular weight excluding hydrogens is 456 g/mol. The van der Waals surface area contributed by atoms with Gasteiger partial charge in [-0.1, -0.05) is 42.5 Å². The second-order valence-electron chi connectivity index (χ2n) is 8.16. The van der Waals surface area contributed by atoms with Crippen LogP contribution < -0.4 is 10.0 Å². The first kappa shape index (κ1) is 23.4. The van der Waals surface area contributed by atoms with Crippen molar-refractivity contribution < 1.29 is 13.2 Å². The first-order valence-electron chi connectivity index (χ1n) is 10.8. The van der Waals surface area contributed by atoms with Crippen molar-refractivity contribution in [3.63, 3.8) is 0 Å². The molecule has 1 aromatic heterocycles. The zero-order chi connectivity index (χ0) is 23.3. The minimum atomic E-state index is -3.68. The minimum absolute atomic E-state index is 0.173. The number of carbonyl (C=O) groups excluding carboxylic acids is 1. The molecule has 7 nitrogen and oxygen atoms in total. The summed E-state index contributed by atoms with van der Waals surface area (Å²) in [7, 11) is -1.56. The van der Waals surface area contributed by atoms with Crippen LogP contribution in [0.4, 0.5) is 5.69 Å². The summed E-state index contributed by atoms with van der Waals surface area (Å²) in [5.41, 5.74) is 1.80. The Balaban J connectivity index is 1.49. The van der Waals surface area contributed by atoms with Gasteiger partial charge in [0.1, 0.15) is 4.21 Å². The van der Waals surface area contributed by atoms with Crippen LogP contribution in [0, 0.1) is 0 Å². The molecular formula is C24H28N4O3S2. The molecule has 3 aromatic rings. The molecule has 1 aliphatic heterocycles.